The van der Waals surface area contributed by atoms with Gasteiger partial charge in [-0.3, -0.25) is 35.4 Å². The van der Waals surface area contributed by atoms with E-state index in [1.54, 1.807) is 36.3 Å². The molecule has 0 saturated carbocycles. The van der Waals surface area contributed by atoms with Gasteiger partial charge in [0, 0.05) is 0 Å². The van der Waals surface area contributed by atoms with Gasteiger partial charge in [0.2, 0.25) is 0 Å². The van der Waals surface area contributed by atoms with Crippen molar-refractivity contribution in [3.8, 4) is 22.7 Å². The smallest absolute Gasteiger partial charge is 0.335 e. The van der Waals surface area contributed by atoms with Crippen molar-refractivity contribution in [2.45, 2.75) is 62.3 Å². The number of aromatic nitrogens is 10. The maximum atomic E-state index is 10.7. The molecule has 0 aliphatic carbocycles. The van der Waals surface area contributed by atoms with Crippen LogP contribution in [0.4, 0.5) is 28.4 Å². The number of nitro groups is 3. The van der Waals surface area contributed by atoms with Crippen LogP contribution in [0.3, 0.4) is 0 Å². The minimum Gasteiger partial charge on any atom is -0.396 e. The third-order valence-corrected chi connectivity index (χ3v) is 10.4. The molecule has 29 nitrogen and oxygen atoms in total. The summed E-state index contributed by atoms with van der Waals surface area (Å²) in [5.74, 6) is 0. The van der Waals surface area contributed by atoms with E-state index in [9.17, 15) is 30.3 Å². The molecule has 9 rings (SSSR count). The number of hydrogen-bond acceptors (Lipinski definition) is 21. The number of anilines is 2. The van der Waals surface area contributed by atoms with Crippen LogP contribution < -0.4 is 11.5 Å². The third kappa shape index (κ3) is 23.3. The number of aryl methyl sites for hydroxylation is 7. The quantitative estimate of drug-likeness (QED) is 0.108. The fourth-order valence-electron chi connectivity index (χ4n) is 6.19. The molecule has 428 valence electrons. The first-order chi connectivity index (χ1) is 38.4. The molecule has 4 aromatic carbocycles. The van der Waals surface area contributed by atoms with E-state index < -0.39 is 61.1 Å². The molecule has 0 atom stereocenters. The molecule has 0 fully saturated rings. The largest absolute Gasteiger partial charge is 0.396 e. The first-order valence-corrected chi connectivity index (χ1v) is 25.2. The van der Waals surface area contributed by atoms with Crippen LogP contribution in [0.2, 0.25) is 0 Å². The lowest BCUT2D eigenvalue weighted by Gasteiger charge is -2.04. The van der Waals surface area contributed by atoms with E-state index in [0.717, 1.165) is 56.6 Å². The van der Waals surface area contributed by atoms with Crippen LogP contribution in [0.15, 0.2) is 128 Å². The van der Waals surface area contributed by atoms with Crippen LogP contribution in [0.1, 0.15) is 50.7 Å². The Morgan fingerprint density at radius 1 is 0.420 bits per heavy atom. The number of hydrogen-bond donors (Lipinski definition) is 3. The van der Waals surface area contributed by atoms with Crippen molar-refractivity contribution in [3.05, 3.63) is 209 Å². The topological polar surface area (TPSA) is 418 Å². The average molecular weight is 1190 g/mol. The summed E-state index contributed by atoms with van der Waals surface area (Å²) < 4.78 is 73.1. The first-order valence-electron chi connectivity index (χ1n) is 22.5. The minimum atomic E-state index is -0.750. The van der Waals surface area contributed by atoms with Crippen LogP contribution in [-0.4, -0.2) is 97.8 Å². The van der Waals surface area contributed by atoms with Gasteiger partial charge in [0.25, 0.3) is 0 Å². The molecule has 0 aliphatic rings. The van der Waals surface area contributed by atoms with Gasteiger partial charge in [-0.25, -0.2) is 18.7 Å². The number of benzene rings is 4. The predicted molar refractivity (Wildman–Crippen MR) is 300 cm³/mol. The maximum Gasteiger partial charge on any atom is 0.335 e. The van der Waals surface area contributed by atoms with Crippen LogP contribution in [-0.2, 0) is 46.3 Å². The number of H-pyrrole nitrogens is 1. The maximum absolute atomic E-state index is 10.7. The Kier molecular flexibility index (Phi) is 30.8. The van der Waals surface area contributed by atoms with Crippen molar-refractivity contribution < 1.29 is 48.4 Å². The summed E-state index contributed by atoms with van der Waals surface area (Å²) in [4.78, 5) is 30.1. The summed E-state index contributed by atoms with van der Waals surface area (Å²) in [6.07, 6.45) is 7.40. The lowest BCUT2D eigenvalue weighted by molar-refractivity contribution is -0.385. The average Bonchev–Trinajstić information content (AvgIpc) is 4.33. The summed E-state index contributed by atoms with van der Waals surface area (Å²) in [5.41, 5.74) is 24.8. The van der Waals surface area contributed by atoms with Gasteiger partial charge in [0.1, 0.15) is 35.7 Å². The van der Waals surface area contributed by atoms with E-state index in [2.05, 4.69) is 68.7 Å². The Morgan fingerprint density at radius 3 is 1.02 bits per heavy atom. The summed E-state index contributed by atoms with van der Waals surface area (Å²) in [7, 11) is 0. The molecular formula is C48H53N15O14S4. The SMILES string of the molecule is Cc1[nH]ncc1[N+](=O)[O-].Cc1ccc(-n2cc(N)c(C)n2)cc1.Cc1ccc(-n2cc([N+](=O)[O-])c(C)n2)cc1.Cc1ccc(-n2ncc(N)c2C)cc1.Cc1ccc(-n2ncc([N+](=O)[O-])c2C)cc1.O=S=O.O=S=O.O=S=O.O=S=O. The molecule has 0 saturated heterocycles. The Labute approximate surface area is 475 Å². The van der Waals surface area contributed by atoms with Crippen molar-refractivity contribution in [3.63, 3.8) is 0 Å². The van der Waals surface area contributed by atoms with Gasteiger partial charge in [-0.05, 0) is 111 Å². The second kappa shape index (κ2) is 36.2. The van der Waals surface area contributed by atoms with Crippen molar-refractivity contribution in [1.82, 2.24) is 49.3 Å². The van der Waals surface area contributed by atoms with E-state index in [1.807, 2.05) is 111 Å². The molecule has 33 heteroatoms. The molecule has 81 heavy (non-hydrogen) atoms. The Morgan fingerprint density at radius 2 is 0.753 bits per heavy atom. The lowest BCUT2D eigenvalue weighted by Crippen LogP contribution is -1.99. The zero-order chi connectivity index (χ0) is 61.4. The van der Waals surface area contributed by atoms with Crippen molar-refractivity contribution in [2.75, 3.05) is 11.5 Å². The highest BCUT2D eigenvalue weighted by molar-refractivity contribution is 7.52. The van der Waals surface area contributed by atoms with Crippen LogP contribution in [0.5, 0.6) is 0 Å². The van der Waals surface area contributed by atoms with Gasteiger partial charge < -0.3 is 11.5 Å². The van der Waals surface area contributed by atoms with Gasteiger partial charge in [-0.1, -0.05) is 70.8 Å². The number of nitrogens with zero attached hydrogens (tertiary/aromatic N) is 12. The zero-order valence-corrected chi connectivity index (χ0v) is 47.8. The molecule has 0 spiro atoms. The monoisotopic (exact) mass is 1190 g/mol. The molecule has 5 N–H and O–H groups in total. The van der Waals surface area contributed by atoms with Gasteiger partial charge >= 0.3 is 63.3 Å². The van der Waals surface area contributed by atoms with Gasteiger partial charge in [0.15, 0.2) is 0 Å². The Hall–Kier alpha value is -9.99. The third-order valence-electron chi connectivity index (χ3n) is 10.4. The summed E-state index contributed by atoms with van der Waals surface area (Å²) in [6, 6.07) is 31.7. The first kappa shape index (κ1) is 69.0. The fourth-order valence-corrected chi connectivity index (χ4v) is 6.19. The minimum absolute atomic E-state index is 0.0370. The fraction of sp³-hybridized carbons (Fsp3) is 0.188. The molecule has 5 heterocycles. The lowest BCUT2D eigenvalue weighted by atomic mass is 10.2. The van der Waals surface area contributed by atoms with Crippen molar-refractivity contribution in [2.24, 2.45) is 0 Å². The highest BCUT2D eigenvalue weighted by Crippen LogP contribution is 2.22. The number of rotatable bonds is 7. The van der Waals surface area contributed by atoms with E-state index in [-0.39, 0.29) is 17.1 Å². The predicted octanol–water partition coefficient (Wildman–Crippen LogP) is 6.88. The summed E-state index contributed by atoms with van der Waals surface area (Å²) in [6.45, 7) is 16.9. The molecule has 0 bridgehead atoms. The van der Waals surface area contributed by atoms with E-state index in [1.165, 1.54) is 34.4 Å². The second-order valence-corrected chi connectivity index (χ2v) is 16.6. The molecule has 5 aromatic heterocycles. The van der Waals surface area contributed by atoms with Crippen LogP contribution in [0, 0.1) is 92.7 Å². The van der Waals surface area contributed by atoms with Crippen molar-refractivity contribution >= 4 is 74.7 Å². The van der Waals surface area contributed by atoms with E-state index >= 15 is 0 Å². The summed E-state index contributed by atoms with van der Waals surface area (Å²) >= 11 is -3.00. The van der Waals surface area contributed by atoms with Gasteiger partial charge in [0.05, 0.1) is 72.7 Å². The Balaban J connectivity index is 0.000000485. The molecule has 0 amide bonds. The Bertz CT molecular complexity index is 3520. The zero-order valence-electron chi connectivity index (χ0n) is 44.5. The highest BCUT2D eigenvalue weighted by Gasteiger charge is 2.18. The normalized spacial score (nSPS) is 9.35. The number of nitrogens with two attached hydrogens (primary N) is 2. The van der Waals surface area contributed by atoms with Crippen LogP contribution in [0.25, 0.3) is 22.7 Å². The number of nitrogens with one attached hydrogen (secondary N) is 1. The van der Waals surface area contributed by atoms with Crippen LogP contribution >= 0.6 is 0 Å². The molecule has 9 aromatic rings. The number of nitrogen functional groups attached to an aromatic ring is 2. The van der Waals surface area contributed by atoms with Gasteiger partial charge in [-0.15, -0.1) is 0 Å². The summed E-state index contributed by atoms with van der Waals surface area (Å²) in [5, 5.41) is 53.9. The molecule has 0 radical (unpaired) electrons. The van der Waals surface area contributed by atoms with Gasteiger partial charge in [-0.2, -0.15) is 59.2 Å². The van der Waals surface area contributed by atoms with E-state index in [4.69, 9.17) is 45.1 Å². The van der Waals surface area contributed by atoms with Crippen molar-refractivity contribution in [1.29, 1.82) is 0 Å². The van der Waals surface area contributed by atoms with E-state index in [0.29, 0.717) is 17.1 Å². The standard InChI is InChI=1S/2C11H11N3O2.2C11H13N3.C4H5N3O2.4O2S/c1-8-3-5-10(6-4-8)13-7-11(14(15)16)9(2)12-13;1-8-3-5-10(6-4-8)13-9(2)11(7-12-13)14(15)16;1-8-3-5-10(6-4-8)14-7-11(12)9(2)13-14;1-8-3-5-10(6-4-8)14-9(2)11(12)7-13-14;1-3-4(7(8)9)2-5-6-3;4*1-3-2/h2*3-7H,1-2H3;2*3-7H,12H2,1-2H3;2H,1H3,(H,5,6);;;;. The second-order valence-electron chi connectivity index (χ2n) is 16.0. The highest BCUT2D eigenvalue weighted by atomic mass is 32.1. The molecular weight excluding hydrogens is 1140 g/mol. The molecule has 0 aliphatic heterocycles. The molecule has 0 unspecified atom stereocenters. The number of aromatic amines is 1.